The number of nitrogens with zero attached hydrogens (tertiary/aromatic N) is 3. The highest BCUT2D eigenvalue weighted by molar-refractivity contribution is 7.92. The fourth-order valence-corrected chi connectivity index (χ4v) is 6.00. The van der Waals surface area contributed by atoms with E-state index >= 15 is 0 Å². The number of ether oxygens (including phenoxy) is 1. The number of nitrogens with one attached hydrogen (secondary N) is 1. The maximum Gasteiger partial charge on any atom is 0.264 e. The number of sulfonamides is 1. The van der Waals surface area contributed by atoms with Gasteiger partial charge in [-0.2, -0.15) is 4.98 Å². The van der Waals surface area contributed by atoms with Crippen LogP contribution in [0.2, 0.25) is 0 Å². The van der Waals surface area contributed by atoms with Gasteiger partial charge in [0, 0.05) is 23.7 Å². The third kappa shape index (κ3) is 4.60. The fourth-order valence-electron chi connectivity index (χ4n) is 5.01. The molecule has 1 fully saturated rings. The predicted molar refractivity (Wildman–Crippen MR) is 133 cm³/mol. The average molecular weight is 493 g/mol. The molecule has 3 heterocycles. The zero-order valence-corrected chi connectivity index (χ0v) is 21.0. The summed E-state index contributed by atoms with van der Waals surface area (Å²) in [5.74, 6) is -0.0452. The molecule has 2 aliphatic heterocycles. The lowest BCUT2D eigenvalue weighted by Crippen LogP contribution is -2.51. The standard InChI is InChI=1S/C26H28N4O4S/c1-16-7-5-8-17(2)23(16)21-12-22-28-25(27-21)29-35(32,33)20-10-6-9-18(11-20)24(31)30-14-19(34-22)13-26(3,4)15-30/h5-12,19H,13-15H2,1-4H3,(H,27,28,29). The second kappa shape index (κ2) is 8.34. The molecule has 0 radical (unpaired) electrons. The van der Waals surface area contributed by atoms with Gasteiger partial charge in [0.2, 0.25) is 11.8 Å². The van der Waals surface area contributed by atoms with Gasteiger partial charge in [0.25, 0.3) is 15.9 Å². The summed E-state index contributed by atoms with van der Waals surface area (Å²) in [6, 6.07) is 13.7. The van der Waals surface area contributed by atoms with Gasteiger partial charge in [0.05, 0.1) is 17.1 Å². The Balaban J connectivity index is 1.70. The maximum atomic E-state index is 13.3. The summed E-state index contributed by atoms with van der Waals surface area (Å²) in [6.45, 7) is 9.08. The minimum absolute atomic E-state index is 0.0287. The van der Waals surface area contributed by atoms with Crippen molar-refractivity contribution in [3.8, 4) is 17.1 Å². The van der Waals surface area contributed by atoms with Gasteiger partial charge in [-0.3, -0.25) is 4.79 Å². The van der Waals surface area contributed by atoms with Crippen molar-refractivity contribution < 1.29 is 17.9 Å². The molecular formula is C26H28N4O4S. The van der Waals surface area contributed by atoms with E-state index in [1.54, 1.807) is 23.1 Å². The summed E-state index contributed by atoms with van der Waals surface area (Å²) < 4.78 is 35.3. The SMILES string of the molecule is Cc1cccc(C)c1-c1cc2nc(n1)NS(=O)(=O)c1cccc(c1)C(=O)N1CC(CC(C)(C)C1)O2. The van der Waals surface area contributed by atoms with Crippen molar-refractivity contribution in [3.05, 3.63) is 65.2 Å². The number of carbonyl (C=O) groups is 1. The van der Waals surface area contributed by atoms with Gasteiger partial charge in [-0.05, 0) is 55.0 Å². The van der Waals surface area contributed by atoms with Gasteiger partial charge in [-0.25, -0.2) is 18.1 Å². The summed E-state index contributed by atoms with van der Waals surface area (Å²) in [5.41, 5.74) is 3.59. The molecule has 2 aromatic carbocycles. The van der Waals surface area contributed by atoms with Crippen LogP contribution in [-0.4, -0.2) is 48.4 Å². The van der Waals surface area contributed by atoms with Crippen LogP contribution in [0.4, 0.5) is 5.95 Å². The number of fused-ring (bicyclic) bond motifs is 6. The third-order valence-electron chi connectivity index (χ3n) is 6.45. The molecule has 1 N–H and O–H groups in total. The second-order valence-corrected chi connectivity index (χ2v) is 11.8. The van der Waals surface area contributed by atoms with E-state index in [0.29, 0.717) is 24.3 Å². The minimum atomic E-state index is -4.05. The van der Waals surface area contributed by atoms with Crippen molar-refractivity contribution >= 4 is 21.9 Å². The summed E-state index contributed by atoms with van der Waals surface area (Å²) in [5, 5.41) is 0. The second-order valence-electron chi connectivity index (χ2n) is 10.1. The molecule has 1 amide bonds. The van der Waals surface area contributed by atoms with E-state index in [-0.39, 0.29) is 34.1 Å². The largest absolute Gasteiger partial charge is 0.472 e. The number of carbonyl (C=O) groups excluding carboxylic acids is 1. The van der Waals surface area contributed by atoms with Gasteiger partial charge in [0.15, 0.2) is 0 Å². The molecule has 0 spiro atoms. The van der Waals surface area contributed by atoms with Crippen LogP contribution >= 0.6 is 0 Å². The first-order valence-electron chi connectivity index (χ1n) is 11.6. The molecule has 6 bridgehead atoms. The molecule has 1 atom stereocenters. The first kappa shape index (κ1) is 23.3. The summed E-state index contributed by atoms with van der Waals surface area (Å²) in [7, 11) is -4.05. The van der Waals surface area contributed by atoms with E-state index in [0.717, 1.165) is 23.1 Å². The van der Waals surface area contributed by atoms with E-state index in [1.807, 2.05) is 32.0 Å². The lowest BCUT2D eigenvalue weighted by molar-refractivity contribution is 0.0165. The van der Waals surface area contributed by atoms with E-state index < -0.39 is 10.0 Å². The Kier molecular flexibility index (Phi) is 5.55. The fraction of sp³-hybridized carbons (Fsp3) is 0.346. The Labute approximate surface area is 205 Å². The third-order valence-corrected chi connectivity index (χ3v) is 7.78. The minimum Gasteiger partial charge on any atom is -0.472 e. The predicted octanol–water partition coefficient (Wildman–Crippen LogP) is 4.19. The first-order chi connectivity index (χ1) is 16.5. The Morgan fingerprint density at radius 1 is 1.06 bits per heavy atom. The highest BCUT2D eigenvalue weighted by Crippen LogP contribution is 2.34. The molecule has 1 unspecified atom stereocenters. The van der Waals surface area contributed by atoms with Gasteiger partial charge in [0.1, 0.15) is 6.10 Å². The Hall–Kier alpha value is -3.46. The van der Waals surface area contributed by atoms with E-state index in [1.165, 1.54) is 12.1 Å². The van der Waals surface area contributed by atoms with Crippen molar-refractivity contribution in [1.82, 2.24) is 14.9 Å². The van der Waals surface area contributed by atoms with Crippen molar-refractivity contribution in [3.63, 3.8) is 0 Å². The van der Waals surface area contributed by atoms with Gasteiger partial charge >= 0.3 is 0 Å². The molecule has 9 heteroatoms. The molecule has 3 aromatic rings. The van der Waals surface area contributed by atoms with Crippen LogP contribution in [0.15, 0.2) is 53.4 Å². The molecule has 182 valence electrons. The molecular weight excluding hydrogens is 464 g/mol. The molecule has 1 aromatic heterocycles. The smallest absolute Gasteiger partial charge is 0.264 e. The number of anilines is 1. The molecule has 8 nitrogen and oxygen atoms in total. The number of benzene rings is 2. The lowest BCUT2D eigenvalue weighted by Gasteiger charge is -2.42. The average Bonchev–Trinajstić information content (AvgIpc) is 2.76. The summed E-state index contributed by atoms with van der Waals surface area (Å²) >= 11 is 0. The van der Waals surface area contributed by atoms with Crippen molar-refractivity contribution in [1.29, 1.82) is 0 Å². The Morgan fingerprint density at radius 2 is 1.77 bits per heavy atom. The van der Waals surface area contributed by atoms with Gasteiger partial charge < -0.3 is 9.64 Å². The van der Waals surface area contributed by atoms with Crippen LogP contribution in [0.3, 0.4) is 0 Å². The van der Waals surface area contributed by atoms with Crippen LogP contribution < -0.4 is 9.46 Å². The van der Waals surface area contributed by atoms with E-state index in [2.05, 4.69) is 28.5 Å². The molecule has 1 saturated heterocycles. The molecule has 35 heavy (non-hydrogen) atoms. The van der Waals surface area contributed by atoms with Gasteiger partial charge in [-0.1, -0.05) is 38.1 Å². The maximum absolute atomic E-state index is 13.3. The van der Waals surface area contributed by atoms with Crippen LogP contribution in [-0.2, 0) is 10.0 Å². The van der Waals surface area contributed by atoms with E-state index in [9.17, 15) is 13.2 Å². The monoisotopic (exact) mass is 492 g/mol. The zero-order chi connectivity index (χ0) is 25.0. The number of hydrogen-bond donors (Lipinski definition) is 1. The topological polar surface area (TPSA) is 101 Å². The lowest BCUT2D eigenvalue weighted by atomic mass is 9.82. The molecule has 5 rings (SSSR count). The number of aromatic nitrogens is 2. The normalized spacial score (nSPS) is 20.5. The number of hydrogen-bond acceptors (Lipinski definition) is 6. The number of rotatable bonds is 1. The highest BCUT2D eigenvalue weighted by atomic mass is 32.2. The summed E-state index contributed by atoms with van der Waals surface area (Å²) in [4.78, 5) is 24.0. The Morgan fingerprint density at radius 3 is 2.51 bits per heavy atom. The molecule has 0 aliphatic carbocycles. The van der Waals surface area contributed by atoms with Crippen LogP contribution in [0.5, 0.6) is 5.88 Å². The van der Waals surface area contributed by atoms with Crippen molar-refractivity contribution in [2.75, 3.05) is 17.8 Å². The number of amides is 1. The van der Waals surface area contributed by atoms with Crippen molar-refractivity contribution in [2.45, 2.75) is 45.1 Å². The summed E-state index contributed by atoms with van der Waals surface area (Å²) in [6.07, 6.45) is 0.414. The van der Waals surface area contributed by atoms with Crippen LogP contribution in [0.25, 0.3) is 11.3 Å². The van der Waals surface area contributed by atoms with Crippen LogP contribution in [0, 0.1) is 19.3 Å². The molecule has 2 aliphatic rings. The highest BCUT2D eigenvalue weighted by Gasteiger charge is 2.37. The van der Waals surface area contributed by atoms with E-state index in [4.69, 9.17) is 4.74 Å². The first-order valence-corrected chi connectivity index (χ1v) is 13.0. The number of piperidine rings is 1. The number of aryl methyl sites for hydroxylation is 2. The van der Waals surface area contributed by atoms with Crippen molar-refractivity contribution in [2.24, 2.45) is 5.41 Å². The molecule has 0 saturated carbocycles. The quantitative estimate of drug-likeness (QED) is 0.547. The Bertz CT molecular complexity index is 1410. The van der Waals surface area contributed by atoms with Crippen LogP contribution in [0.1, 0.15) is 41.8 Å². The zero-order valence-electron chi connectivity index (χ0n) is 20.2. The van der Waals surface area contributed by atoms with Gasteiger partial charge in [-0.15, -0.1) is 0 Å².